The van der Waals surface area contributed by atoms with Crippen molar-refractivity contribution in [3.63, 3.8) is 0 Å². The van der Waals surface area contributed by atoms with Crippen LogP contribution >= 0.6 is 0 Å². The van der Waals surface area contributed by atoms with Crippen LogP contribution in [0.2, 0.25) is 0 Å². The van der Waals surface area contributed by atoms with Crippen molar-refractivity contribution in [2.45, 2.75) is 23.7 Å². The number of fused-ring (bicyclic) bond motifs is 1. The topological polar surface area (TPSA) is 104 Å². The summed E-state index contributed by atoms with van der Waals surface area (Å²) in [5.41, 5.74) is 0.722. The van der Waals surface area contributed by atoms with Gasteiger partial charge < -0.3 is 18.6 Å². The van der Waals surface area contributed by atoms with Gasteiger partial charge in [0, 0.05) is 24.7 Å². The molecule has 10 heteroatoms. The fraction of sp³-hybridized carbons (Fsp3) is 0.333. The molecule has 9 nitrogen and oxygen atoms in total. The number of benzene rings is 2. The highest BCUT2D eigenvalue weighted by Gasteiger charge is 2.33. The van der Waals surface area contributed by atoms with Crippen LogP contribution in [0.15, 0.2) is 51.8 Å². The summed E-state index contributed by atoms with van der Waals surface area (Å²) in [6.07, 6.45) is 1.47. The third-order valence-electron chi connectivity index (χ3n) is 5.47. The Bertz CT molecular complexity index is 1210. The minimum atomic E-state index is -3.65. The van der Waals surface area contributed by atoms with Crippen molar-refractivity contribution < 1.29 is 27.0 Å². The molecule has 1 fully saturated rings. The van der Waals surface area contributed by atoms with Gasteiger partial charge in [-0.2, -0.15) is 4.31 Å². The van der Waals surface area contributed by atoms with Crippen molar-refractivity contribution in [3.05, 3.63) is 48.4 Å². The molecular weight excluding hydrogens is 422 g/mol. The minimum absolute atomic E-state index is 0.176. The molecule has 0 amide bonds. The SMILES string of the molecule is COc1cccc(S(=O)(=O)N2CCCC(c3nnc(-c4ccc5c(c4)OCO5)o3)C2)c1. The Hall–Kier alpha value is -3.11. The Morgan fingerprint density at radius 3 is 2.84 bits per heavy atom. The summed E-state index contributed by atoms with van der Waals surface area (Å²) in [7, 11) is -2.14. The second-order valence-electron chi connectivity index (χ2n) is 7.39. The van der Waals surface area contributed by atoms with Crippen molar-refractivity contribution >= 4 is 10.0 Å². The quantitative estimate of drug-likeness (QED) is 0.593. The van der Waals surface area contributed by atoms with Crippen LogP contribution in [0, 0.1) is 0 Å². The molecule has 5 rings (SSSR count). The van der Waals surface area contributed by atoms with E-state index < -0.39 is 10.0 Å². The molecule has 3 heterocycles. The fourth-order valence-corrected chi connectivity index (χ4v) is 5.38. The summed E-state index contributed by atoms with van der Waals surface area (Å²) in [6.45, 7) is 0.912. The maximum absolute atomic E-state index is 13.1. The van der Waals surface area contributed by atoms with Gasteiger partial charge in [0.2, 0.25) is 28.6 Å². The van der Waals surface area contributed by atoms with E-state index in [1.807, 2.05) is 6.07 Å². The van der Waals surface area contributed by atoms with Crippen LogP contribution in [0.1, 0.15) is 24.7 Å². The maximum atomic E-state index is 13.1. The minimum Gasteiger partial charge on any atom is -0.497 e. The highest BCUT2D eigenvalue weighted by Crippen LogP contribution is 2.37. The highest BCUT2D eigenvalue weighted by molar-refractivity contribution is 7.89. The summed E-state index contributed by atoms with van der Waals surface area (Å²) >= 11 is 0. The van der Waals surface area contributed by atoms with Crippen LogP contribution in [0.25, 0.3) is 11.5 Å². The predicted molar refractivity (Wildman–Crippen MR) is 110 cm³/mol. The Morgan fingerprint density at radius 1 is 1.10 bits per heavy atom. The molecule has 0 bridgehead atoms. The zero-order valence-electron chi connectivity index (χ0n) is 16.9. The van der Waals surface area contributed by atoms with Gasteiger partial charge in [0.15, 0.2) is 11.5 Å². The average Bonchev–Trinajstić information content (AvgIpc) is 3.48. The van der Waals surface area contributed by atoms with Crippen LogP contribution < -0.4 is 14.2 Å². The molecule has 1 atom stereocenters. The van der Waals surface area contributed by atoms with Gasteiger partial charge in [0.1, 0.15) is 5.75 Å². The summed E-state index contributed by atoms with van der Waals surface area (Å²) < 4.78 is 49.6. The van der Waals surface area contributed by atoms with Crippen LogP contribution in [-0.4, -0.2) is 49.9 Å². The number of sulfonamides is 1. The molecule has 1 aromatic heterocycles. The van der Waals surface area contributed by atoms with Crippen molar-refractivity contribution in [2.75, 3.05) is 27.0 Å². The number of aromatic nitrogens is 2. The first-order valence-corrected chi connectivity index (χ1v) is 11.4. The van der Waals surface area contributed by atoms with E-state index in [1.54, 1.807) is 30.3 Å². The molecule has 0 aliphatic carbocycles. The smallest absolute Gasteiger partial charge is 0.247 e. The Kier molecular flexibility index (Phi) is 5.03. The van der Waals surface area contributed by atoms with Crippen molar-refractivity contribution in [1.82, 2.24) is 14.5 Å². The van der Waals surface area contributed by atoms with E-state index in [9.17, 15) is 8.42 Å². The third kappa shape index (κ3) is 3.72. The number of piperidine rings is 1. The van der Waals surface area contributed by atoms with E-state index in [1.165, 1.54) is 17.5 Å². The van der Waals surface area contributed by atoms with Crippen molar-refractivity contribution in [2.24, 2.45) is 0 Å². The molecule has 1 unspecified atom stereocenters. The second-order valence-corrected chi connectivity index (χ2v) is 9.33. The highest BCUT2D eigenvalue weighted by atomic mass is 32.2. The third-order valence-corrected chi connectivity index (χ3v) is 7.33. The Morgan fingerprint density at radius 2 is 1.97 bits per heavy atom. The monoisotopic (exact) mass is 443 g/mol. The summed E-state index contributed by atoms with van der Waals surface area (Å²) in [5, 5.41) is 8.35. The lowest BCUT2D eigenvalue weighted by Crippen LogP contribution is -2.39. The van der Waals surface area contributed by atoms with Crippen LogP contribution in [0.3, 0.4) is 0 Å². The standard InChI is InChI=1S/C21H21N3O6S/c1-27-16-5-2-6-17(11-16)31(25,26)24-9-3-4-15(12-24)21-23-22-20(30-21)14-7-8-18-19(10-14)29-13-28-18/h2,5-8,10-11,15H,3-4,9,12-13H2,1H3. The molecule has 0 spiro atoms. The maximum Gasteiger partial charge on any atom is 0.247 e. The van der Waals surface area contributed by atoms with Gasteiger partial charge in [-0.05, 0) is 43.2 Å². The van der Waals surface area contributed by atoms with Gasteiger partial charge in [-0.15, -0.1) is 10.2 Å². The molecule has 2 aliphatic heterocycles. The Labute approximate surface area is 179 Å². The van der Waals surface area contributed by atoms with Crippen LogP contribution in [-0.2, 0) is 10.0 Å². The first-order valence-electron chi connectivity index (χ1n) is 9.92. The summed E-state index contributed by atoms with van der Waals surface area (Å²) in [5.74, 6) is 2.42. The van der Waals surface area contributed by atoms with Gasteiger partial charge in [0.25, 0.3) is 0 Å². The second kappa shape index (κ2) is 7.86. The number of ether oxygens (including phenoxy) is 3. The molecule has 0 radical (unpaired) electrons. The Balaban J connectivity index is 1.36. The van der Waals surface area contributed by atoms with Gasteiger partial charge in [0.05, 0.1) is 17.9 Å². The normalized spacial score (nSPS) is 18.8. The zero-order chi connectivity index (χ0) is 21.4. The molecule has 162 valence electrons. The van der Waals surface area contributed by atoms with E-state index >= 15 is 0 Å². The molecule has 31 heavy (non-hydrogen) atoms. The molecule has 3 aromatic rings. The predicted octanol–water partition coefficient (Wildman–Crippen LogP) is 3.04. The lowest BCUT2D eigenvalue weighted by molar-refractivity contribution is 0.174. The molecule has 0 N–H and O–H groups in total. The van der Waals surface area contributed by atoms with Gasteiger partial charge in [-0.1, -0.05) is 6.07 Å². The van der Waals surface area contributed by atoms with E-state index in [2.05, 4.69) is 10.2 Å². The van der Waals surface area contributed by atoms with Crippen LogP contribution in [0.4, 0.5) is 0 Å². The first-order chi connectivity index (χ1) is 15.0. The van der Waals surface area contributed by atoms with E-state index in [0.29, 0.717) is 42.0 Å². The first kappa shape index (κ1) is 19.8. The lowest BCUT2D eigenvalue weighted by atomic mass is 10.00. The fourth-order valence-electron chi connectivity index (χ4n) is 3.82. The number of rotatable bonds is 5. The molecule has 1 saturated heterocycles. The number of hydrogen-bond donors (Lipinski definition) is 0. The number of hydrogen-bond acceptors (Lipinski definition) is 8. The zero-order valence-corrected chi connectivity index (χ0v) is 17.7. The number of nitrogens with zero attached hydrogens (tertiary/aromatic N) is 3. The van der Waals surface area contributed by atoms with Gasteiger partial charge in [-0.25, -0.2) is 8.42 Å². The summed E-state index contributed by atoms with van der Waals surface area (Å²) in [4.78, 5) is 0.207. The van der Waals surface area contributed by atoms with Crippen molar-refractivity contribution in [3.8, 4) is 28.7 Å². The largest absolute Gasteiger partial charge is 0.497 e. The average molecular weight is 443 g/mol. The van der Waals surface area contributed by atoms with Crippen molar-refractivity contribution in [1.29, 1.82) is 0 Å². The lowest BCUT2D eigenvalue weighted by Gasteiger charge is -2.30. The van der Waals surface area contributed by atoms with Gasteiger partial charge >= 0.3 is 0 Å². The molecule has 2 aromatic carbocycles. The number of methoxy groups -OCH3 is 1. The van der Waals surface area contributed by atoms with E-state index in [0.717, 1.165) is 12.0 Å². The van der Waals surface area contributed by atoms with Crippen LogP contribution in [0.5, 0.6) is 17.2 Å². The molecule has 2 aliphatic rings. The molecule has 0 saturated carbocycles. The van der Waals surface area contributed by atoms with E-state index in [-0.39, 0.29) is 24.2 Å². The summed E-state index contributed by atoms with van der Waals surface area (Å²) in [6, 6.07) is 11.9. The van der Waals surface area contributed by atoms with Gasteiger partial charge in [-0.3, -0.25) is 0 Å². The molecular formula is C21H21N3O6S. The van der Waals surface area contributed by atoms with E-state index in [4.69, 9.17) is 18.6 Å².